The highest BCUT2D eigenvalue weighted by molar-refractivity contribution is 9.10. The summed E-state index contributed by atoms with van der Waals surface area (Å²) in [5.41, 5.74) is 0. The standard InChI is InChI=1S/C10H14BrNO3S/c1-7(2)15-9-4-8(11)5-10(6-9)16(13,14)12-3/h4-7,12H,1-3H3. The zero-order valence-electron chi connectivity index (χ0n) is 9.32. The van der Waals surface area contributed by atoms with E-state index in [2.05, 4.69) is 20.7 Å². The van der Waals surface area contributed by atoms with Crippen LogP contribution in [0.2, 0.25) is 0 Å². The second kappa shape index (κ2) is 5.16. The average Bonchev–Trinajstić information content (AvgIpc) is 2.15. The maximum Gasteiger partial charge on any atom is 0.240 e. The van der Waals surface area contributed by atoms with Crippen LogP contribution in [-0.2, 0) is 10.0 Å². The van der Waals surface area contributed by atoms with E-state index in [1.165, 1.54) is 19.2 Å². The monoisotopic (exact) mass is 307 g/mol. The van der Waals surface area contributed by atoms with Gasteiger partial charge in [0.05, 0.1) is 11.0 Å². The van der Waals surface area contributed by atoms with Gasteiger partial charge >= 0.3 is 0 Å². The number of hydrogen-bond acceptors (Lipinski definition) is 3. The molecule has 90 valence electrons. The highest BCUT2D eigenvalue weighted by Gasteiger charge is 2.13. The molecule has 0 saturated heterocycles. The molecule has 0 amide bonds. The minimum atomic E-state index is -3.44. The van der Waals surface area contributed by atoms with Crippen LogP contribution < -0.4 is 9.46 Å². The number of ether oxygens (including phenoxy) is 1. The summed E-state index contributed by atoms with van der Waals surface area (Å²) in [6.45, 7) is 3.76. The van der Waals surface area contributed by atoms with Gasteiger partial charge in [0.15, 0.2) is 0 Å². The number of hydrogen-bond donors (Lipinski definition) is 1. The molecule has 0 saturated carbocycles. The SMILES string of the molecule is CNS(=O)(=O)c1cc(Br)cc(OC(C)C)c1. The van der Waals surface area contributed by atoms with Gasteiger partial charge in [0.2, 0.25) is 10.0 Å². The molecule has 0 fully saturated rings. The lowest BCUT2D eigenvalue weighted by molar-refractivity contribution is 0.241. The third kappa shape index (κ3) is 3.47. The summed E-state index contributed by atoms with van der Waals surface area (Å²) in [6.07, 6.45) is -0.000519. The first kappa shape index (κ1) is 13.5. The summed E-state index contributed by atoms with van der Waals surface area (Å²) in [5.74, 6) is 0.526. The Bertz CT molecular complexity index is 471. The topological polar surface area (TPSA) is 55.4 Å². The molecule has 1 N–H and O–H groups in total. The van der Waals surface area contributed by atoms with Crippen LogP contribution in [0.5, 0.6) is 5.75 Å². The molecule has 6 heteroatoms. The van der Waals surface area contributed by atoms with Crippen molar-refractivity contribution in [3.8, 4) is 5.75 Å². The Morgan fingerprint density at radius 2 is 1.94 bits per heavy atom. The molecule has 4 nitrogen and oxygen atoms in total. The van der Waals surface area contributed by atoms with Gasteiger partial charge in [-0.2, -0.15) is 0 Å². The molecule has 0 heterocycles. The van der Waals surface area contributed by atoms with Crippen molar-refractivity contribution < 1.29 is 13.2 Å². The molecule has 0 aromatic heterocycles. The number of benzene rings is 1. The molecular weight excluding hydrogens is 294 g/mol. The summed E-state index contributed by atoms with van der Waals surface area (Å²) in [6, 6.07) is 4.75. The highest BCUT2D eigenvalue weighted by atomic mass is 79.9. The van der Waals surface area contributed by atoms with Gasteiger partial charge in [-0.05, 0) is 33.0 Å². The van der Waals surface area contributed by atoms with Gasteiger partial charge in [-0.15, -0.1) is 0 Å². The zero-order chi connectivity index (χ0) is 12.3. The maximum absolute atomic E-state index is 11.6. The number of sulfonamides is 1. The van der Waals surface area contributed by atoms with Gasteiger partial charge in [-0.3, -0.25) is 0 Å². The molecule has 0 radical (unpaired) electrons. The average molecular weight is 308 g/mol. The first-order valence-electron chi connectivity index (χ1n) is 4.76. The van der Waals surface area contributed by atoms with Gasteiger partial charge in [0, 0.05) is 10.5 Å². The Labute approximate surface area is 104 Å². The van der Waals surface area contributed by atoms with Crippen LogP contribution in [0.1, 0.15) is 13.8 Å². The third-order valence-corrected chi connectivity index (χ3v) is 3.65. The Morgan fingerprint density at radius 1 is 1.31 bits per heavy atom. The molecule has 1 rings (SSSR count). The molecule has 0 aliphatic rings. The van der Waals surface area contributed by atoms with Crippen molar-refractivity contribution in [2.75, 3.05) is 7.05 Å². The molecule has 16 heavy (non-hydrogen) atoms. The van der Waals surface area contributed by atoms with Crippen molar-refractivity contribution in [1.82, 2.24) is 4.72 Å². The Balaban J connectivity index is 3.18. The van der Waals surface area contributed by atoms with Gasteiger partial charge in [-0.25, -0.2) is 13.1 Å². The lowest BCUT2D eigenvalue weighted by atomic mass is 10.3. The summed E-state index contributed by atoms with van der Waals surface area (Å²) in [4.78, 5) is 0.181. The minimum Gasteiger partial charge on any atom is -0.491 e. The van der Waals surface area contributed by atoms with Crippen molar-refractivity contribution in [3.63, 3.8) is 0 Å². The van der Waals surface area contributed by atoms with Gasteiger partial charge in [-0.1, -0.05) is 15.9 Å². The van der Waals surface area contributed by atoms with Crippen LogP contribution >= 0.6 is 15.9 Å². The van der Waals surface area contributed by atoms with Crippen molar-refractivity contribution in [3.05, 3.63) is 22.7 Å². The van der Waals surface area contributed by atoms with Crippen LogP contribution in [0.25, 0.3) is 0 Å². The van der Waals surface area contributed by atoms with Crippen molar-refractivity contribution in [2.45, 2.75) is 24.8 Å². The predicted octanol–water partition coefficient (Wildman–Crippen LogP) is 2.14. The lowest BCUT2D eigenvalue weighted by Crippen LogP contribution is -2.18. The molecule has 0 aliphatic carbocycles. The smallest absolute Gasteiger partial charge is 0.240 e. The molecule has 0 spiro atoms. The Kier molecular flexibility index (Phi) is 4.35. The van der Waals surface area contributed by atoms with Gasteiger partial charge < -0.3 is 4.74 Å². The van der Waals surface area contributed by atoms with Crippen LogP contribution in [0.4, 0.5) is 0 Å². The summed E-state index contributed by atoms with van der Waals surface area (Å²) in [5, 5.41) is 0. The van der Waals surface area contributed by atoms with Crippen LogP contribution in [0, 0.1) is 0 Å². The summed E-state index contributed by atoms with van der Waals surface area (Å²) in [7, 11) is -2.06. The van der Waals surface area contributed by atoms with E-state index in [1.54, 1.807) is 6.07 Å². The quantitative estimate of drug-likeness (QED) is 0.927. The van der Waals surface area contributed by atoms with E-state index in [0.29, 0.717) is 10.2 Å². The number of rotatable bonds is 4. The molecule has 1 aromatic carbocycles. The van der Waals surface area contributed by atoms with E-state index < -0.39 is 10.0 Å². The lowest BCUT2D eigenvalue weighted by Gasteiger charge is -2.11. The van der Waals surface area contributed by atoms with Crippen LogP contribution in [0.3, 0.4) is 0 Å². The fourth-order valence-corrected chi connectivity index (χ4v) is 2.56. The maximum atomic E-state index is 11.6. The molecule has 0 bridgehead atoms. The fraction of sp³-hybridized carbons (Fsp3) is 0.400. The Hall–Kier alpha value is -0.590. The van der Waals surface area contributed by atoms with Gasteiger partial charge in [0.25, 0.3) is 0 Å². The second-order valence-electron chi connectivity index (χ2n) is 3.50. The van der Waals surface area contributed by atoms with E-state index in [4.69, 9.17) is 4.74 Å². The van der Waals surface area contributed by atoms with Crippen molar-refractivity contribution in [1.29, 1.82) is 0 Å². The van der Waals surface area contributed by atoms with E-state index in [9.17, 15) is 8.42 Å². The molecular formula is C10H14BrNO3S. The van der Waals surface area contributed by atoms with E-state index in [0.717, 1.165) is 0 Å². The molecule has 1 aromatic rings. The predicted molar refractivity (Wildman–Crippen MR) is 66.2 cm³/mol. The van der Waals surface area contributed by atoms with Crippen molar-refractivity contribution >= 4 is 26.0 Å². The van der Waals surface area contributed by atoms with Crippen LogP contribution in [0.15, 0.2) is 27.6 Å². The molecule has 0 atom stereocenters. The Morgan fingerprint density at radius 3 is 2.44 bits per heavy atom. The van der Waals surface area contributed by atoms with Crippen molar-refractivity contribution in [2.24, 2.45) is 0 Å². The molecule has 0 unspecified atom stereocenters. The highest BCUT2D eigenvalue weighted by Crippen LogP contribution is 2.24. The zero-order valence-corrected chi connectivity index (χ0v) is 11.7. The van der Waals surface area contributed by atoms with E-state index in [1.807, 2.05) is 13.8 Å². The first-order chi connectivity index (χ1) is 7.35. The number of halogens is 1. The second-order valence-corrected chi connectivity index (χ2v) is 6.30. The largest absolute Gasteiger partial charge is 0.491 e. The first-order valence-corrected chi connectivity index (χ1v) is 7.03. The summed E-state index contributed by atoms with van der Waals surface area (Å²) >= 11 is 3.25. The molecule has 0 aliphatic heterocycles. The van der Waals surface area contributed by atoms with Gasteiger partial charge in [0.1, 0.15) is 5.75 Å². The normalized spacial score (nSPS) is 11.8. The van der Waals surface area contributed by atoms with E-state index >= 15 is 0 Å². The summed E-state index contributed by atoms with van der Waals surface area (Å²) < 4.78 is 31.6. The third-order valence-electron chi connectivity index (χ3n) is 1.80. The van der Waals surface area contributed by atoms with E-state index in [-0.39, 0.29) is 11.0 Å². The minimum absolute atomic E-state index is 0.000519. The fourth-order valence-electron chi connectivity index (χ4n) is 1.15. The number of nitrogens with one attached hydrogen (secondary N) is 1. The van der Waals surface area contributed by atoms with Crippen LogP contribution in [-0.4, -0.2) is 21.6 Å².